The summed E-state index contributed by atoms with van der Waals surface area (Å²) in [5, 5.41) is 9.00. The van der Waals surface area contributed by atoms with Gasteiger partial charge in [-0.15, -0.1) is 0 Å². The second-order valence-electron chi connectivity index (χ2n) is 4.04. The highest BCUT2D eigenvalue weighted by atomic mass is 16.4. The van der Waals surface area contributed by atoms with Crippen LogP contribution in [0.2, 0.25) is 0 Å². The lowest BCUT2D eigenvalue weighted by Crippen LogP contribution is -2.03. The zero-order chi connectivity index (χ0) is 12.4. The van der Waals surface area contributed by atoms with Crippen molar-refractivity contribution in [3.8, 4) is 0 Å². The largest absolute Gasteiger partial charge is 0.478 e. The van der Waals surface area contributed by atoms with Gasteiger partial charge >= 0.3 is 5.97 Å². The van der Waals surface area contributed by atoms with E-state index in [-0.39, 0.29) is 0 Å². The highest BCUT2D eigenvalue weighted by Crippen LogP contribution is 2.19. The summed E-state index contributed by atoms with van der Waals surface area (Å²) in [5.41, 5.74) is 2.11. The zero-order valence-corrected chi connectivity index (χ0v) is 10.1. The number of rotatable bonds is 4. The molecule has 2 aromatic rings. The number of aromatic nitrogens is 2. The topological polar surface area (TPSA) is 55.1 Å². The Kier molecular flexibility index (Phi) is 3.13. The molecule has 0 amide bonds. The van der Waals surface area contributed by atoms with Crippen molar-refractivity contribution in [2.45, 2.75) is 33.2 Å². The van der Waals surface area contributed by atoms with Crippen molar-refractivity contribution in [1.82, 2.24) is 9.55 Å². The van der Waals surface area contributed by atoms with E-state index < -0.39 is 5.97 Å². The highest BCUT2D eigenvalue weighted by molar-refractivity contribution is 5.92. The number of carboxylic acid groups (broad SMARTS) is 1. The summed E-state index contributed by atoms with van der Waals surface area (Å²) in [7, 11) is 0. The number of aromatic carboxylic acids is 1. The quantitative estimate of drug-likeness (QED) is 0.881. The average Bonchev–Trinajstić information content (AvgIpc) is 2.67. The predicted octanol–water partition coefficient (Wildman–Crippen LogP) is 2.71. The lowest BCUT2D eigenvalue weighted by atomic mass is 10.2. The maximum atomic E-state index is 11.0. The molecule has 1 aromatic carbocycles. The second kappa shape index (κ2) is 4.57. The van der Waals surface area contributed by atoms with E-state index in [0.717, 1.165) is 36.2 Å². The SMILES string of the molecule is CCCn1c(CC)nc2ccc(C(=O)O)cc21. The van der Waals surface area contributed by atoms with E-state index >= 15 is 0 Å². The van der Waals surface area contributed by atoms with Crippen molar-refractivity contribution in [3.05, 3.63) is 29.6 Å². The fourth-order valence-corrected chi connectivity index (χ4v) is 2.05. The molecule has 0 radical (unpaired) electrons. The standard InChI is InChI=1S/C13H16N2O2/c1-3-7-15-11-8-9(13(16)17)5-6-10(11)14-12(15)4-2/h5-6,8H,3-4,7H2,1-2H3,(H,16,17). The van der Waals surface area contributed by atoms with E-state index in [1.165, 1.54) is 0 Å². The van der Waals surface area contributed by atoms with Crippen LogP contribution >= 0.6 is 0 Å². The van der Waals surface area contributed by atoms with Crippen molar-refractivity contribution in [1.29, 1.82) is 0 Å². The molecule has 0 atom stereocenters. The maximum Gasteiger partial charge on any atom is 0.335 e. The Morgan fingerprint density at radius 2 is 2.18 bits per heavy atom. The summed E-state index contributed by atoms with van der Waals surface area (Å²) in [6, 6.07) is 5.09. The smallest absolute Gasteiger partial charge is 0.335 e. The van der Waals surface area contributed by atoms with Crippen molar-refractivity contribution >= 4 is 17.0 Å². The van der Waals surface area contributed by atoms with Gasteiger partial charge in [-0.05, 0) is 24.6 Å². The molecule has 0 spiro atoms. The van der Waals surface area contributed by atoms with Crippen LogP contribution in [0, 0.1) is 0 Å². The Balaban J connectivity index is 2.64. The molecule has 2 rings (SSSR count). The molecule has 0 aliphatic heterocycles. The molecule has 0 saturated carbocycles. The van der Waals surface area contributed by atoms with Crippen LogP contribution in [0.5, 0.6) is 0 Å². The molecule has 0 aliphatic rings. The predicted molar refractivity (Wildman–Crippen MR) is 66.4 cm³/mol. The summed E-state index contributed by atoms with van der Waals surface area (Å²) in [4.78, 5) is 15.5. The molecule has 0 bridgehead atoms. The lowest BCUT2D eigenvalue weighted by molar-refractivity contribution is 0.0697. The Labute approximate surface area is 99.9 Å². The van der Waals surface area contributed by atoms with Crippen molar-refractivity contribution in [2.75, 3.05) is 0 Å². The van der Waals surface area contributed by atoms with Crippen molar-refractivity contribution in [3.63, 3.8) is 0 Å². The summed E-state index contributed by atoms with van der Waals surface area (Å²) in [6.45, 7) is 5.04. The Hall–Kier alpha value is -1.84. The van der Waals surface area contributed by atoms with Gasteiger partial charge in [0, 0.05) is 13.0 Å². The van der Waals surface area contributed by atoms with E-state index in [0.29, 0.717) is 5.56 Å². The minimum Gasteiger partial charge on any atom is -0.478 e. The van der Waals surface area contributed by atoms with Gasteiger partial charge in [0.05, 0.1) is 16.6 Å². The van der Waals surface area contributed by atoms with Crippen LogP contribution in [-0.4, -0.2) is 20.6 Å². The molecular weight excluding hydrogens is 216 g/mol. The summed E-state index contributed by atoms with van der Waals surface area (Å²) in [6.07, 6.45) is 1.87. The first-order chi connectivity index (χ1) is 8.17. The number of hydrogen-bond acceptors (Lipinski definition) is 2. The fourth-order valence-electron chi connectivity index (χ4n) is 2.05. The molecule has 0 fully saturated rings. The monoisotopic (exact) mass is 232 g/mol. The van der Waals surface area contributed by atoms with Gasteiger partial charge in [0.2, 0.25) is 0 Å². The molecule has 1 aromatic heterocycles. The van der Waals surface area contributed by atoms with Gasteiger partial charge in [0.1, 0.15) is 5.82 Å². The minimum absolute atomic E-state index is 0.317. The van der Waals surface area contributed by atoms with Crippen LogP contribution in [0.1, 0.15) is 36.5 Å². The molecule has 17 heavy (non-hydrogen) atoms. The van der Waals surface area contributed by atoms with Crippen LogP contribution in [0.3, 0.4) is 0 Å². The molecule has 1 N–H and O–H groups in total. The molecule has 0 saturated heterocycles. The number of fused-ring (bicyclic) bond motifs is 1. The molecule has 90 valence electrons. The van der Waals surface area contributed by atoms with E-state index in [1.807, 2.05) is 0 Å². The zero-order valence-electron chi connectivity index (χ0n) is 10.1. The third-order valence-corrected chi connectivity index (χ3v) is 2.84. The highest BCUT2D eigenvalue weighted by Gasteiger charge is 2.11. The Bertz CT molecular complexity index is 558. The third-order valence-electron chi connectivity index (χ3n) is 2.84. The van der Waals surface area contributed by atoms with Gasteiger partial charge in [-0.2, -0.15) is 0 Å². The molecule has 1 heterocycles. The lowest BCUT2D eigenvalue weighted by Gasteiger charge is -2.06. The second-order valence-corrected chi connectivity index (χ2v) is 4.04. The fraction of sp³-hybridized carbons (Fsp3) is 0.385. The van der Waals surface area contributed by atoms with Gasteiger partial charge in [0.15, 0.2) is 0 Å². The number of nitrogens with zero attached hydrogens (tertiary/aromatic N) is 2. The summed E-state index contributed by atoms with van der Waals surface area (Å²) < 4.78 is 2.11. The number of hydrogen-bond donors (Lipinski definition) is 1. The summed E-state index contributed by atoms with van der Waals surface area (Å²) >= 11 is 0. The minimum atomic E-state index is -0.894. The molecule has 4 nitrogen and oxygen atoms in total. The van der Waals surface area contributed by atoms with E-state index in [1.54, 1.807) is 18.2 Å². The molecular formula is C13H16N2O2. The van der Waals surface area contributed by atoms with E-state index in [2.05, 4.69) is 23.4 Å². The van der Waals surface area contributed by atoms with Crippen LogP contribution in [-0.2, 0) is 13.0 Å². The normalized spacial score (nSPS) is 10.9. The van der Waals surface area contributed by atoms with Gasteiger partial charge < -0.3 is 9.67 Å². The number of carbonyl (C=O) groups is 1. The summed E-state index contributed by atoms with van der Waals surface area (Å²) in [5.74, 6) is 0.124. The van der Waals surface area contributed by atoms with Crippen molar-refractivity contribution < 1.29 is 9.90 Å². The average molecular weight is 232 g/mol. The maximum absolute atomic E-state index is 11.0. The first kappa shape index (κ1) is 11.6. The number of carboxylic acids is 1. The number of aryl methyl sites for hydroxylation is 2. The van der Waals surface area contributed by atoms with E-state index in [9.17, 15) is 4.79 Å². The van der Waals surface area contributed by atoms with Crippen molar-refractivity contribution in [2.24, 2.45) is 0 Å². The van der Waals surface area contributed by atoms with Crippen LogP contribution in [0.15, 0.2) is 18.2 Å². The van der Waals surface area contributed by atoms with Crippen LogP contribution in [0.4, 0.5) is 0 Å². The van der Waals surface area contributed by atoms with Gasteiger partial charge in [-0.25, -0.2) is 9.78 Å². The van der Waals surface area contributed by atoms with E-state index in [4.69, 9.17) is 5.11 Å². The Morgan fingerprint density at radius 1 is 1.41 bits per heavy atom. The van der Waals surface area contributed by atoms with Gasteiger partial charge in [-0.1, -0.05) is 13.8 Å². The number of benzene rings is 1. The first-order valence-electron chi connectivity index (χ1n) is 5.89. The molecule has 4 heteroatoms. The number of imidazole rings is 1. The van der Waals surface area contributed by atoms with Gasteiger partial charge in [0.25, 0.3) is 0 Å². The molecule has 0 aliphatic carbocycles. The van der Waals surface area contributed by atoms with Crippen LogP contribution in [0.25, 0.3) is 11.0 Å². The van der Waals surface area contributed by atoms with Crippen LogP contribution < -0.4 is 0 Å². The van der Waals surface area contributed by atoms with Gasteiger partial charge in [-0.3, -0.25) is 0 Å². The third kappa shape index (κ3) is 2.02. The Morgan fingerprint density at radius 3 is 2.76 bits per heavy atom. The first-order valence-corrected chi connectivity index (χ1v) is 5.89. The molecule has 0 unspecified atom stereocenters.